The topological polar surface area (TPSA) is 33.7 Å². The molecule has 0 radical (unpaired) electrons. The number of nitrogens with one attached hydrogen (secondary N) is 1. The predicted molar refractivity (Wildman–Crippen MR) is 84.6 cm³/mol. The Balaban J connectivity index is 2.35. The third kappa shape index (κ3) is 3.16. The molecule has 1 aliphatic rings. The lowest BCUT2D eigenvalue weighted by atomic mass is 10.0. The van der Waals surface area contributed by atoms with Crippen LogP contribution in [0.4, 0.5) is 0 Å². The molecule has 0 unspecified atom stereocenters. The fourth-order valence-electron chi connectivity index (χ4n) is 2.53. The molecule has 1 N–H and O–H groups in total. The SMILES string of the molecule is C=C[C@@H](c1cc(OC)c(OC)cc1Br)N1CCNCC1. The third-order valence-corrected chi connectivity index (χ3v) is 4.28. The van der Waals surface area contributed by atoms with Crippen LogP contribution in [0.15, 0.2) is 29.3 Å². The van der Waals surface area contributed by atoms with Gasteiger partial charge in [-0.3, -0.25) is 4.90 Å². The van der Waals surface area contributed by atoms with Crippen LogP contribution >= 0.6 is 15.9 Å². The van der Waals surface area contributed by atoms with Crippen molar-refractivity contribution in [2.75, 3.05) is 40.4 Å². The Morgan fingerprint density at radius 3 is 2.40 bits per heavy atom. The van der Waals surface area contributed by atoms with E-state index in [-0.39, 0.29) is 6.04 Å². The molecular formula is C15H21BrN2O2. The van der Waals surface area contributed by atoms with Crippen molar-refractivity contribution in [1.82, 2.24) is 10.2 Å². The molecule has 1 atom stereocenters. The molecule has 1 saturated heterocycles. The molecule has 0 spiro atoms. The summed E-state index contributed by atoms with van der Waals surface area (Å²) in [4.78, 5) is 2.41. The summed E-state index contributed by atoms with van der Waals surface area (Å²) < 4.78 is 11.7. The van der Waals surface area contributed by atoms with Gasteiger partial charge < -0.3 is 14.8 Å². The zero-order valence-corrected chi connectivity index (χ0v) is 13.6. The Morgan fingerprint density at radius 2 is 1.85 bits per heavy atom. The average Bonchev–Trinajstić information content (AvgIpc) is 2.50. The van der Waals surface area contributed by atoms with Crippen molar-refractivity contribution in [2.45, 2.75) is 6.04 Å². The van der Waals surface area contributed by atoms with Gasteiger partial charge in [0.2, 0.25) is 0 Å². The van der Waals surface area contributed by atoms with Gasteiger partial charge in [-0.2, -0.15) is 0 Å². The van der Waals surface area contributed by atoms with E-state index < -0.39 is 0 Å². The predicted octanol–water partition coefficient (Wildman–Crippen LogP) is 2.60. The number of hydrogen-bond donors (Lipinski definition) is 1. The van der Waals surface area contributed by atoms with Crippen molar-refractivity contribution in [3.63, 3.8) is 0 Å². The van der Waals surface area contributed by atoms with E-state index in [1.807, 2.05) is 18.2 Å². The Hall–Kier alpha value is -1.04. The van der Waals surface area contributed by atoms with Crippen LogP contribution in [0, 0.1) is 0 Å². The summed E-state index contributed by atoms with van der Waals surface area (Å²) in [5.41, 5.74) is 1.15. The fraction of sp³-hybridized carbons (Fsp3) is 0.467. The van der Waals surface area contributed by atoms with Crippen molar-refractivity contribution in [3.8, 4) is 11.5 Å². The Morgan fingerprint density at radius 1 is 1.25 bits per heavy atom. The van der Waals surface area contributed by atoms with Crippen molar-refractivity contribution >= 4 is 15.9 Å². The summed E-state index contributed by atoms with van der Waals surface area (Å²) in [7, 11) is 3.30. The van der Waals surface area contributed by atoms with Gasteiger partial charge in [0.05, 0.1) is 20.3 Å². The first-order valence-corrected chi connectivity index (χ1v) is 7.49. The van der Waals surface area contributed by atoms with E-state index in [0.717, 1.165) is 47.7 Å². The first kappa shape index (κ1) is 15.4. The smallest absolute Gasteiger partial charge is 0.161 e. The molecule has 0 aliphatic carbocycles. The van der Waals surface area contributed by atoms with E-state index in [2.05, 4.69) is 32.7 Å². The zero-order valence-electron chi connectivity index (χ0n) is 12.0. The highest BCUT2D eigenvalue weighted by atomic mass is 79.9. The molecule has 1 aromatic carbocycles. The molecule has 0 saturated carbocycles. The van der Waals surface area contributed by atoms with Crippen LogP contribution in [0.3, 0.4) is 0 Å². The van der Waals surface area contributed by atoms with Gasteiger partial charge in [0.1, 0.15) is 0 Å². The molecule has 0 aromatic heterocycles. The van der Waals surface area contributed by atoms with E-state index in [9.17, 15) is 0 Å². The molecule has 1 heterocycles. The minimum atomic E-state index is 0.172. The van der Waals surface area contributed by atoms with Gasteiger partial charge in [-0.25, -0.2) is 0 Å². The molecule has 1 aromatic rings. The number of methoxy groups -OCH3 is 2. The van der Waals surface area contributed by atoms with Gasteiger partial charge in [0.25, 0.3) is 0 Å². The van der Waals surface area contributed by atoms with E-state index >= 15 is 0 Å². The number of ether oxygens (including phenoxy) is 2. The number of benzene rings is 1. The summed E-state index contributed by atoms with van der Waals surface area (Å²) in [5, 5.41) is 3.37. The Labute approximate surface area is 128 Å². The second-order valence-electron chi connectivity index (χ2n) is 4.70. The number of hydrogen-bond acceptors (Lipinski definition) is 4. The Kier molecular flexibility index (Phi) is 5.46. The van der Waals surface area contributed by atoms with E-state index in [1.54, 1.807) is 14.2 Å². The van der Waals surface area contributed by atoms with E-state index in [1.165, 1.54) is 0 Å². The first-order chi connectivity index (χ1) is 9.71. The quantitative estimate of drug-likeness (QED) is 0.835. The largest absolute Gasteiger partial charge is 0.493 e. The van der Waals surface area contributed by atoms with E-state index in [4.69, 9.17) is 9.47 Å². The maximum Gasteiger partial charge on any atom is 0.161 e. The summed E-state index contributed by atoms with van der Waals surface area (Å²) in [5.74, 6) is 1.47. The molecule has 5 heteroatoms. The molecule has 1 fully saturated rings. The van der Waals surface area contributed by atoms with Crippen LogP contribution in [0.2, 0.25) is 0 Å². The first-order valence-electron chi connectivity index (χ1n) is 6.70. The number of halogens is 1. The normalized spacial score (nSPS) is 17.6. The molecule has 4 nitrogen and oxygen atoms in total. The monoisotopic (exact) mass is 340 g/mol. The third-order valence-electron chi connectivity index (χ3n) is 3.59. The lowest BCUT2D eigenvalue weighted by Crippen LogP contribution is -2.44. The van der Waals surface area contributed by atoms with Crippen LogP contribution in [-0.4, -0.2) is 45.3 Å². The van der Waals surface area contributed by atoms with Crippen LogP contribution in [0.25, 0.3) is 0 Å². The molecule has 0 amide bonds. The van der Waals surface area contributed by atoms with Gasteiger partial charge in [0.15, 0.2) is 11.5 Å². The second-order valence-corrected chi connectivity index (χ2v) is 5.55. The maximum absolute atomic E-state index is 5.40. The Bertz CT molecular complexity index is 473. The number of piperazine rings is 1. The lowest BCUT2D eigenvalue weighted by molar-refractivity contribution is 0.202. The highest BCUT2D eigenvalue weighted by Gasteiger charge is 2.23. The average molecular weight is 341 g/mol. The summed E-state index contributed by atoms with van der Waals surface area (Å²) in [6, 6.07) is 4.15. The van der Waals surface area contributed by atoms with Crippen LogP contribution in [0.1, 0.15) is 11.6 Å². The maximum atomic E-state index is 5.40. The van der Waals surface area contributed by atoms with Crippen molar-refractivity contribution in [2.24, 2.45) is 0 Å². The zero-order chi connectivity index (χ0) is 14.5. The second kappa shape index (κ2) is 7.11. The summed E-state index contributed by atoms with van der Waals surface area (Å²) >= 11 is 3.63. The lowest BCUT2D eigenvalue weighted by Gasteiger charge is -2.34. The van der Waals surface area contributed by atoms with Gasteiger partial charge in [-0.05, 0) is 17.7 Å². The van der Waals surface area contributed by atoms with Crippen molar-refractivity contribution in [3.05, 3.63) is 34.8 Å². The van der Waals surface area contributed by atoms with Crippen LogP contribution < -0.4 is 14.8 Å². The van der Waals surface area contributed by atoms with Gasteiger partial charge in [-0.1, -0.05) is 22.0 Å². The van der Waals surface area contributed by atoms with Gasteiger partial charge in [0, 0.05) is 30.7 Å². The summed E-state index contributed by atoms with van der Waals surface area (Å²) in [6.07, 6.45) is 1.98. The molecule has 20 heavy (non-hydrogen) atoms. The van der Waals surface area contributed by atoms with E-state index in [0.29, 0.717) is 0 Å². The van der Waals surface area contributed by atoms with Crippen molar-refractivity contribution < 1.29 is 9.47 Å². The highest BCUT2D eigenvalue weighted by Crippen LogP contribution is 2.38. The highest BCUT2D eigenvalue weighted by molar-refractivity contribution is 9.10. The minimum absolute atomic E-state index is 0.172. The molecule has 1 aliphatic heterocycles. The fourth-order valence-corrected chi connectivity index (χ4v) is 3.09. The number of rotatable bonds is 5. The minimum Gasteiger partial charge on any atom is -0.493 e. The van der Waals surface area contributed by atoms with Gasteiger partial charge in [-0.15, -0.1) is 6.58 Å². The van der Waals surface area contributed by atoms with Gasteiger partial charge >= 0.3 is 0 Å². The van der Waals surface area contributed by atoms with Crippen LogP contribution in [-0.2, 0) is 0 Å². The standard InChI is InChI=1S/C15H21BrN2O2/c1-4-13(18-7-5-17-6-8-18)11-9-14(19-2)15(20-3)10-12(11)16/h4,9-10,13,17H,1,5-8H2,2-3H3/t13-/m0/s1. The summed E-state index contributed by atoms with van der Waals surface area (Å²) in [6.45, 7) is 8.04. The van der Waals surface area contributed by atoms with Crippen molar-refractivity contribution in [1.29, 1.82) is 0 Å². The molecular weight excluding hydrogens is 320 g/mol. The molecule has 0 bridgehead atoms. The number of nitrogens with zero attached hydrogens (tertiary/aromatic N) is 1. The molecule has 2 rings (SSSR count). The van der Waals surface area contributed by atoms with Crippen LogP contribution in [0.5, 0.6) is 11.5 Å². The molecule has 110 valence electrons.